The Labute approximate surface area is 105 Å². The number of anilines is 1. The minimum Gasteiger partial charge on any atom is -0.353 e. The Morgan fingerprint density at radius 2 is 1.60 bits per heavy atom. The number of hydrogen-bond acceptors (Lipinski definition) is 4. The molecule has 15 heavy (non-hydrogen) atoms. The van der Waals surface area contributed by atoms with E-state index in [4.69, 9.17) is 0 Å². The first-order valence-corrected chi connectivity index (χ1v) is 7.81. The molecule has 82 valence electrons. The monoisotopic (exact) mass is 257 g/mol. The third-order valence-corrected chi connectivity index (χ3v) is 4.73. The first kappa shape index (κ1) is 11.6. The number of hydrogen-bond donors (Lipinski definition) is 1. The zero-order chi connectivity index (χ0) is 10.5. The van der Waals surface area contributed by atoms with Gasteiger partial charge in [0.25, 0.3) is 0 Å². The fourth-order valence-corrected chi connectivity index (χ4v) is 3.79. The molecule has 0 bridgehead atoms. The third kappa shape index (κ3) is 3.54. The van der Waals surface area contributed by atoms with Gasteiger partial charge in [-0.2, -0.15) is 0 Å². The summed E-state index contributed by atoms with van der Waals surface area (Å²) in [4.78, 5) is 3.47. The second-order valence-electron chi connectivity index (χ2n) is 3.48. The van der Waals surface area contributed by atoms with Gasteiger partial charge in [0.2, 0.25) is 0 Å². The molecule has 1 fully saturated rings. The minimum atomic E-state index is 1.03. The van der Waals surface area contributed by atoms with Crippen LogP contribution in [0.5, 0.6) is 0 Å². The molecule has 1 heterocycles. The van der Waals surface area contributed by atoms with Crippen molar-refractivity contribution in [2.75, 3.05) is 28.2 Å². The SMILES string of the molecule is Sc1ccc(N2CSCCCSC2)cc1. The van der Waals surface area contributed by atoms with Gasteiger partial charge in [0.1, 0.15) is 0 Å². The number of benzene rings is 1. The van der Waals surface area contributed by atoms with Crippen molar-refractivity contribution in [1.29, 1.82) is 0 Å². The summed E-state index contributed by atoms with van der Waals surface area (Å²) in [7, 11) is 0. The first-order valence-electron chi connectivity index (χ1n) is 5.06. The molecule has 2 rings (SSSR count). The van der Waals surface area contributed by atoms with Crippen LogP contribution in [-0.2, 0) is 0 Å². The van der Waals surface area contributed by atoms with Crippen LogP contribution in [0.25, 0.3) is 0 Å². The Morgan fingerprint density at radius 3 is 2.20 bits per heavy atom. The normalized spacial score (nSPS) is 18.3. The predicted molar refractivity (Wildman–Crippen MR) is 75.4 cm³/mol. The van der Waals surface area contributed by atoms with E-state index in [1.807, 2.05) is 23.5 Å². The lowest BCUT2D eigenvalue weighted by atomic mass is 10.3. The molecule has 4 heteroatoms. The van der Waals surface area contributed by atoms with Crippen LogP contribution in [0.1, 0.15) is 6.42 Å². The molecule has 0 N–H and O–H groups in total. The maximum Gasteiger partial charge on any atom is 0.0648 e. The van der Waals surface area contributed by atoms with Gasteiger partial charge in [-0.15, -0.1) is 36.2 Å². The van der Waals surface area contributed by atoms with E-state index in [0.29, 0.717) is 0 Å². The fraction of sp³-hybridized carbons (Fsp3) is 0.455. The maximum atomic E-state index is 4.31. The van der Waals surface area contributed by atoms with Gasteiger partial charge in [0.15, 0.2) is 0 Å². The van der Waals surface area contributed by atoms with E-state index in [2.05, 4.69) is 41.8 Å². The van der Waals surface area contributed by atoms with Gasteiger partial charge in [-0.25, -0.2) is 0 Å². The molecule has 0 atom stereocenters. The lowest BCUT2D eigenvalue weighted by molar-refractivity contribution is 1.03. The number of thiol groups is 1. The smallest absolute Gasteiger partial charge is 0.0648 e. The second kappa shape index (κ2) is 5.97. The van der Waals surface area contributed by atoms with E-state index in [1.54, 1.807) is 0 Å². The molecule has 1 nitrogen and oxygen atoms in total. The molecule has 0 amide bonds. The molecule has 0 saturated carbocycles. The molecule has 0 radical (unpaired) electrons. The van der Waals surface area contributed by atoms with Gasteiger partial charge < -0.3 is 4.90 Å². The van der Waals surface area contributed by atoms with Crippen molar-refractivity contribution in [3.8, 4) is 0 Å². The lowest BCUT2D eigenvalue weighted by Crippen LogP contribution is -2.23. The van der Waals surface area contributed by atoms with E-state index in [0.717, 1.165) is 16.6 Å². The Bertz CT molecular complexity index is 291. The average molecular weight is 257 g/mol. The Hall–Kier alpha value is 0.0700. The van der Waals surface area contributed by atoms with Gasteiger partial charge in [0, 0.05) is 10.6 Å². The van der Waals surface area contributed by atoms with Crippen LogP contribution in [0.2, 0.25) is 0 Å². The summed E-state index contributed by atoms with van der Waals surface area (Å²) in [6, 6.07) is 8.44. The van der Waals surface area contributed by atoms with Gasteiger partial charge in [-0.05, 0) is 42.2 Å². The zero-order valence-electron chi connectivity index (χ0n) is 8.56. The highest BCUT2D eigenvalue weighted by atomic mass is 32.2. The lowest BCUT2D eigenvalue weighted by Gasteiger charge is -2.26. The quantitative estimate of drug-likeness (QED) is 0.767. The molecular weight excluding hydrogens is 242 g/mol. The highest BCUT2D eigenvalue weighted by Crippen LogP contribution is 2.24. The highest BCUT2D eigenvalue weighted by molar-refractivity contribution is 8.00. The van der Waals surface area contributed by atoms with Crippen molar-refractivity contribution in [1.82, 2.24) is 0 Å². The van der Waals surface area contributed by atoms with E-state index >= 15 is 0 Å². The van der Waals surface area contributed by atoms with Crippen LogP contribution >= 0.6 is 36.2 Å². The first-order chi connectivity index (χ1) is 7.36. The molecule has 1 aromatic carbocycles. The molecule has 0 aliphatic carbocycles. The van der Waals surface area contributed by atoms with Crippen LogP contribution in [-0.4, -0.2) is 23.3 Å². The van der Waals surface area contributed by atoms with E-state index in [1.165, 1.54) is 23.6 Å². The molecule has 0 spiro atoms. The van der Waals surface area contributed by atoms with Crippen molar-refractivity contribution >= 4 is 41.8 Å². The van der Waals surface area contributed by atoms with Gasteiger partial charge >= 0.3 is 0 Å². The summed E-state index contributed by atoms with van der Waals surface area (Å²) in [6.07, 6.45) is 1.35. The van der Waals surface area contributed by atoms with E-state index in [9.17, 15) is 0 Å². The molecular formula is C11H15NS3. The van der Waals surface area contributed by atoms with Crippen molar-refractivity contribution < 1.29 is 0 Å². The second-order valence-corrected chi connectivity index (χ2v) is 6.15. The number of rotatable bonds is 1. The number of thioether (sulfide) groups is 2. The van der Waals surface area contributed by atoms with Crippen molar-refractivity contribution in [2.45, 2.75) is 11.3 Å². The summed E-state index contributed by atoms with van der Waals surface area (Å²) >= 11 is 8.36. The largest absolute Gasteiger partial charge is 0.353 e. The maximum absolute atomic E-state index is 4.31. The zero-order valence-corrected chi connectivity index (χ0v) is 11.1. The Kier molecular flexibility index (Phi) is 4.60. The van der Waals surface area contributed by atoms with Gasteiger partial charge in [-0.3, -0.25) is 0 Å². The van der Waals surface area contributed by atoms with Crippen LogP contribution in [0.15, 0.2) is 29.2 Å². The van der Waals surface area contributed by atoms with Gasteiger partial charge in [0.05, 0.1) is 11.8 Å². The molecule has 0 aromatic heterocycles. The topological polar surface area (TPSA) is 3.24 Å². The summed E-state index contributed by atoms with van der Waals surface area (Å²) in [5.74, 6) is 4.79. The van der Waals surface area contributed by atoms with Crippen LogP contribution in [0, 0.1) is 0 Å². The summed E-state index contributed by atoms with van der Waals surface area (Å²) < 4.78 is 0. The van der Waals surface area contributed by atoms with Crippen LogP contribution in [0.4, 0.5) is 5.69 Å². The van der Waals surface area contributed by atoms with E-state index < -0.39 is 0 Å². The van der Waals surface area contributed by atoms with Gasteiger partial charge in [-0.1, -0.05) is 0 Å². The van der Waals surface area contributed by atoms with Crippen LogP contribution in [0.3, 0.4) is 0 Å². The summed E-state index contributed by atoms with van der Waals surface area (Å²) in [5.41, 5.74) is 1.31. The summed E-state index contributed by atoms with van der Waals surface area (Å²) in [6.45, 7) is 0. The molecule has 1 aliphatic heterocycles. The Morgan fingerprint density at radius 1 is 1.00 bits per heavy atom. The molecule has 1 saturated heterocycles. The van der Waals surface area contributed by atoms with Crippen molar-refractivity contribution in [3.05, 3.63) is 24.3 Å². The predicted octanol–water partition coefficient (Wildman–Crippen LogP) is 3.57. The minimum absolute atomic E-state index is 1.03. The molecule has 1 aliphatic rings. The number of nitrogens with zero attached hydrogens (tertiary/aromatic N) is 1. The molecule has 0 unspecified atom stereocenters. The van der Waals surface area contributed by atoms with E-state index in [-0.39, 0.29) is 0 Å². The van der Waals surface area contributed by atoms with Crippen molar-refractivity contribution in [3.63, 3.8) is 0 Å². The Balaban J connectivity index is 2.03. The fourth-order valence-electron chi connectivity index (χ4n) is 1.46. The summed E-state index contributed by atoms with van der Waals surface area (Å²) in [5, 5.41) is 0. The highest BCUT2D eigenvalue weighted by Gasteiger charge is 2.08. The van der Waals surface area contributed by atoms with Crippen molar-refractivity contribution in [2.24, 2.45) is 0 Å². The average Bonchev–Trinajstić information content (AvgIpc) is 2.19. The third-order valence-electron chi connectivity index (χ3n) is 2.29. The van der Waals surface area contributed by atoms with Crippen LogP contribution < -0.4 is 4.90 Å². The standard InChI is InChI=1S/C11H15NS3/c13-11-4-2-10(3-5-11)12-8-14-6-1-7-15-9-12/h2-5,13H,1,6-9H2. The molecule has 1 aromatic rings.